The van der Waals surface area contributed by atoms with E-state index < -0.39 is 5.97 Å². The quantitative estimate of drug-likeness (QED) is 0.827. The van der Waals surface area contributed by atoms with E-state index in [9.17, 15) is 9.90 Å². The molecular formula is C14H21NO4. The molecule has 0 heterocycles. The van der Waals surface area contributed by atoms with E-state index in [0.717, 1.165) is 0 Å². The normalized spacial score (nSPS) is 12.7. The molecule has 0 aromatic heterocycles. The van der Waals surface area contributed by atoms with Gasteiger partial charge < -0.3 is 14.9 Å². The number of hydrogen-bond donors (Lipinski definition) is 2. The minimum absolute atomic E-state index is 0.0525. The summed E-state index contributed by atoms with van der Waals surface area (Å²) in [5.74, 6) is -0.106. The standard InChI is InChI=1S/C14H21NO4/c1-9(2)15(8-14(17)18)10(3)12-7-11(19-4)5-6-13(12)16/h5-7,9-10,16H,8H2,1-4H3,(H,17,18). The van der Waals surface area contributed by atoms with Crippen molar-refractivity contribution >= 4 is 5.97 Å². The van der Waals surface area contributed by atoms with Crippen molar-refractivity contribution in [2.24, 2.45) is 0 Å². The first-order chi connectivity index (χ1) is 8.86. The highest BCUT2D eigenvalue weighted by Crippen LogP contribution is 2.32. The molecule has 0 bridgehead atoms. The molecule has 1 aromatic rings. The second-order valence-corrected chi connectivity index (χ2v) is 4.76. The average Bonchev–Trinajstić information content (AvgIpc) is 2.35. The van der Waals surface area contributed by atoms with Crippen LogP contribution in [0.15, 0.2) is 18.2 Å². The summed E-state index contributed by atoms with van der Waals surface area (Å²) in [5, 5.41) is 18.9. The van der Waals surface area contributed by atoms with Crippen LogP contribution in [0.5, 0.6) is 11.5 Å². The summed E-state index contributed by atoms with van der Waals surface area (Å²) in [5.41, 5.74) is 0.661. The monoisotopic (exact) mass is 267 g/mol. The number of ether oxygens (including phenoxy) is 1. The molecule has 0 fully saturated rings. The van der Waals surface area contributed by atoms with Gasteiger partial charge in [0.05, 0.1) is 13.7 Å². The fourth-order valence-corrected chi connectivity index (χ4v) is 2.10. The predicted octanol–water partition coefficient (Wildman–Crippen LogP) is 2.26. The first-order valence-corrected chi connectivity index (χ1v) is 6.21. The van der Waals surface area contributed by atoms with E-state index >= 15 is 0 Å². The van der Waals surface area contributed by atoms with Crippen molar-refractivity contribution in [1.82, 2.24) is 4.90 Å². The molecule has 0 aliphatic rings. The van der Waals surface area contributed by atoms with Crippen LogP contribution in [0.25, 0.3) is 0 Å². The number of methoxy groups -OCH3 is 1. The lowest BCUT2D eigenvalue weighted by Crippen LogP contribution is -2.37. The Hall–Kier alpha value is -1.75. The zero-order valence-corrected chi connectivity index (χ0v) is 11.8. The molecule has 1 unspecified atom stereocenters. The highest BCUT2D eigenvalue weighted by Gasteiger charge is 2.23. The van der Waals surface area contributed by atoms with Crippen molar-refractivity contribution in [3.63, 3.8) is 0 Å². The Labute approximate surface area is 113 Å². The molecule has 0 aliphatic carbocycles. The van der Waals surface area contributed by atoms with Crippen LogP contribution >= 0.6 is 0 Å². The van der Waals surface area contributed by atoms with Gasteiger partial charge in [-0.3, -0.25) is 9.69 Å². The van der Waals surface area contributed by atoms with Gasteiger partial charge in [0.1, 0.15) is 11.5 Å². The van der Waals surface area contributed by atoms with E-state index in [4.69, 9.17) is 9.84 Å². The van der Waals surface area contributed by atoms with Crippen LogP contribution in [0.4, 0.5) is 0 Å². The lowest BCUT2D eigenvalue weighted by atomic mass is 10.0. The van der Waals surface area contributed by atoms with Gasteiger partial charge in [-0.25, -0.2) is 0 Å². The van der Waals surface area contributed by atoms with Gasteiger partial charge >= 0.3 is 5.97 Å². The molecular weight excluding hydrogens is 246 g/mol. The van der Waals surface area contributed by atoms with Crippen molar-refractivity contribution in [2.45, 2.75) is 32.9 Å². The second kappa shape index (κ2) is 6.43. The van der Waals surface area contributed by atoms with Crippen LogP contribution < -0.4 is 4.74 Å². The second-order valence-electron chi connectivity index (χ2n) is 4.76. The number of rotatable bonds is 6. The highest BCUT2D eigenvalue weighted by molar-refractivity contribution is 5.69. The topological polar surface area (TPSA) is 70.0 Å². The summed E-state index contributed by atoms with van der Waals surface area (Å²) in [6.45, 7) is 5.65. The Bertz CT molecular complexity index is 445. The summed E-state index contributed by atoms with van der Waals surface area (Å²) in [4.78, 5) is 12.7. The molecule has 1 atom stereocenters. The molecule has 0 spiro atoms. The molecule has 5 heteroatoms. The van der Waals surface area contributed by atoms with Crippen molar-refractivity contribution in [1.29, 1.82) is 0 Å². The van der Waals surface area contributed by atoms with Crippen LogP contribution in [0.2, 0.25) is 0 Å². The van der Waals surface area contributed by atoms with E-state index in [1.807, 2.05) is 20.8 Å². The number of aliphatic carboxylic acids is 1. The van der Waals surface area contributed by atoms with Crippen LogP contribution in [0, 0.1) is 0 Å². The molecule has 1 rings (SSSR count). The van der Waals surface area contributed by atoms with E-state index in [1.54, 1.807) is 30.2 Å². The van der Waals surface area contributed by atoms with Crippen molar-refractivity contribution in [2.75, 3.05) is 13.7 Å². The minimum atomic E-state index is -0.886. The van der Waals surface area contributed by atoms with Gasteiger partial charge in [-0.05, 0) is 39.0 Å². The van der Waals surface area contributed by atoms with E-state index in [0.29, 0.717) is 11.3 Å². The summed E-state index contributed by atoms with van der Waals surface area (Å²) >= 11 is 0. The van der Waals surface area contributed by atoms with Crippen molar-refractivity contribution in [3.05, 3.63) is 23.8 Å². The summed E-state index contributed by atoms with van der Waals surface area (Å²) < 4.78 is 5.14. The number of hydrogen-bond acceptors (Lipinski definition) is 4. The summed E-state index contributed by atoms with van der Waals surface area (Å²) in [7, 11) is 1.55. The third-order valence-corrected chi connectivity index (χ3v) is 3.16. The predicted molar refractivity (Wildman–Crippen MR) is 72.6 cm³/mol. The van der Waals surface area contributed by atoms with Gasteiger partial charge in [0, 0.05) is 17.6 Å². The molecule has 106 valence electrons. The van der Waals surface area contributed by atoms with Gasteiger partial charge in [-0.1, -0.05) is 0 Å². The first kappa shape index (κ1) is 15.3. The van der Waals surface area contributed by atoms with Gasteiger partial charge in [-0.2, -0.15) is 0 Å². The number of phenolic OH excluding ortho intramolecular Hbond substituents is 1. The number of benzene rings is 1. The van der Waals surface area contributed by atoms with E-state index in [1.165, 1.54) is 0 Å². The Morgan fingerprint density at radius 2 is 2.00 bits per heavy atom. The fraction of sp³-hybridized carbons (Fsp3) is 0.500. The lowest BCUT2D eigenvalue weighted by molar-refractivity contribution is -0.139. The van der Waals surface area contributed by atoms with Gasteiger partial charge in [-0.15, -0.1) is 0 Å². The third-order valence-electron chi connectivity index (χ3n) is 3.16. The molecule has 0 saturated carbocycles. The fourth-order valence-electron chi connectivity index (χ4n) is 2.10. The number of carboxylic acids is 1. The molecule has 1 aromatic carbocycles. The molecule has 0 aliphatic heterocycles. The smallest absolute Gasteiger partial charge is 0.317 e. The molecule has 5 nitrogen and oxygen atoms in total. The molecule has 0 saturated heterocycles. The number of carbonyl (C=O) groups is 1. The zero-order valence-electron chi connectivity index (χ0n) is 11.8. The highest BCUT2D eigenvalue weighted by atomic mass is 16.5. The van der Waals surface area contributed by atoms with Gasteiger partial charge in [0.2, 0.25) is 0 Å². The Kier molecular flexibility index (Phi) is 5.18. The van der Waals surface area contributed by atoms with E-state index in [-0.39, 0.29) is 24.4 Å². The average molecular weight is 267 g/mol. The van der Waals surface area contributed by atoms with Crippen LogP contribution in [0.1, 0.15) is 32.4 Å². The van der Waals surface area contributed by atoms with Crippen LogP contribution in [0.3, 0.4) is 0 Å². The SMILES string of the molecule is COc1ccc(O)c(C(C)N(CC(=O)O)C(C)C)c1. The maximum absolute atomic E-state index is 10.9. The number of phenols is 1. The molecule has 2 N–H and O–H groups in total. The van der Waals surface area contributed by atoms with E-state index in [2.05, 4.69) is 0 Å². The largest absolute Gasteiger partial charge is 0.508 e. The zero-order chi connectivity index (χ0) is 14.6. The number of nitrogens with zero attached hydrogens (tertiary/aromatic N) is 1. The Morgan fingerprint density at radius 3 is 2.47 bits per heavy atom. The summed E-state index contributed by atoms with van der Waals surface area (Å²) in [6, 6.07) is 4.80. The van der Waals surface area contributed by atoms with Gasteiger partial charge in [0.25, 0.3) is 0 Å². The maximum atomic E-state index is 10.9. The minimum Gasteiger partial charge on any atom is -0.508 e. The Morgan fingerprint density at radius 1 is 1.37 bits per heavy atom. The van der Waals surface area contributed by atoms with Crippen LogP contribution in [-0.4, -0.2) is 40.8 Å². The first-order valence-electron chi connectivity index (χ1n) is 6.21. The molecule has 0 radical (unpaired) electrons. The van der Waals surface area contributed by atoms with Crippen LogP contribution in [-0.2, 0) is 4.79 Å². The van der Waals surface area contributed by atoms with Gasteiger partial charge in [0.15, 0.2) is 0 Å². The lowest BCUT2D eigenvalue weighted by Gasteiger charge is -2.31. The molecule has 19 heavy (non-hydrogen) atoms. The Balaban J connectivity index is 3.07. The maximum Gasteiger partial charge on any atom is 0.317 e. The van der Waals surface area contributed by atoms with Crippen molar-refractivity contribution < 1.29 is 19.7 Å². The molecule has 0 amide bonds. The summed E-state index contributed by atoms with van der Waals surface area (Å²) in [6.07, 6.45) is 0. The third kappa shape index (κ3) is 3.86. The number of aromatic hydroxyl groups is 1. The van der Waals surface area contributed by atoms with Crippen molar-refractivity contribution in [3.8, 4) is 11.5 Å². The number of carboxylic acid groups (broad SMARTS) is 1.